The molecule has 0 aliphatic carbocycles. The van der Waals surface area contributed by atoms with E-state index in [1.165, 1.54) is 0 Å². The van der Waals surface area contributed by atoms with Crippen LogP contribution in [0.25, 0.3) is 0 Å². The number of hydrogen-bond donors (Lipinski definition) is 1. The molecule has 2 aliphatic heterocycles. The number of carbonyl (C=O) groups is 2. The van der Waals surface area contributed by atoms with Crippen molar-refractivity contribution in [2.75, 3.05) is 39.8 Å². The van der Waals surface area contributed by atoms with Gasteiger partial charge >= 0.3 is 0 Å². The highest BCUT2D eigenvalue weighted by molar-refractivity contribution is 5.86. The molecule has 0 bridgehead atoms. The Morgan fingerprint density at radius 3 is 2.91 bits per heavy atom. The molecule has 1 aromatic carbocycles. The average molecular weight is 317 g/mol. The molecule has 1 atom stereocenters. The van der Waals surface area contributed by atoms with Crippen molar-refractivity contribution in [2.24, 2.45) is 0 Å². The van der Waals surface area contributed by atoms with E-state index in [-0.39, 0.29) is 24.4 Å². The lowest BCUT2D eigenvalue weighted by Crippen LogP contribution is -2.51. The van der Waals surface area contributed by atoms with Crippen molar-refractivity contribution in [1.29, 1.82) is 0 Å². The van der Waals surface area contributed by atoms with Crippen LogP contribution in [0.15, 0.2) is 24.3 Å². The van der Waals surface area contributed by atoms with Crippen LogP contribution in [0.2, 0.25) is 0 Å². The second kappa shape index (κ2) is 7.00. The molecule has 0 aromatic heterocycles. The van der Waals surface area contributed by atoms with E-state index < -0.39 is 0 Å². The summed E-state index contributed by atoms with van der Waals surface area (Å²) in [5.41, 5.74) is 1.00. The van der Waals surface area contributed by atoms with Gasteiger partial charge in [0.25, 0.3) is 0 Å². The number of nitrogens with one attached hydrogen (secondary N) is 1. The molecule has 2 aliphatic rings. The quantitative estimate of drug-likeness (QED) is 0.892. The Labute approximate surface area is 136 Å². The van der Waals surface area contributed by atoms with Crippen LogP contribution in [-0.4, -0.2) is 61.4 Å². The molecule has 23 heavy (non-hydrogen) atoms. The molecular formula is C17H23N3O3. The average Bonchev–Trinajstić information content (AvgIpc) is 2.99. The number of piperazine rings is 1. The lowest BCUT2D eigenvalue weighted by molar-refractivity contribution is -0.140. The molecule has 2 fully saturated rings. The standard InChI is InChI=1S/C17H23N3O3/c1-23-15-6-3-2-5-13(15)14-11-18-8-10-20(14)17(22)12-19-9-4-7-16(19)21/h2-3,5-6,14,18H,4,7-12H2,1H3. The third-order valence-corrected chi connectivity index (χ3v) is 4.56. The van der Waals surface area contributed by atoms with Crippen molar-refractivity contribution < 1.29 is 14.3 Å². The summed E-state index contributed by atoms with van der Waals surface area (Å²) in [6.45, 7) is 2.98. The molecule has 1 N–H and O–H groups in total. The number of benzene rings is 1. The minimum absolute atomic E-state index is 0.0117. The Morgan fingerprint density at radius 2 is 2.17 bits per heavy atom. The van der Waals surface area contributed by atoms with Crippen LogP contribution in [-0.2, 0) is 9.59 Å². The van der Waals surface area contributed by atoms with E-state index in [0.717, 1.165) is 24.3 Å². The fourth-order valence-electron chi connectivity index (χ4n) is 3.35. The van der Waals surface area contributed by atoms with E-state index in [4.69, 9.17) is 4.74 Å². The van der Waals surface area contributed by atoms with E-state index in [1.807, 2.05) is 29.2 Å². The van der Waals surface area contributed by atoms with Gasteiger partial charge in [0, 0.05) is 38.2 Å². The van der Waals surface area contributed by atoms with E-state index in [2.05, 4.69) is 5.32 Å². The van der Waals surface area contributed by atoms with Crippen molar-refractivity contribution in [3.8, 4) is 5.75 Å². The molecule has 0 spiro atoms. The molecule has 6 nitrogen and oxygen atoms in total. The van der Waals surface area contributed by atoms with E-state index in [1.54, 1.807) is 12.0 Å². The number of likely N-dealkylation sites (tertiary alicyclic amines) is 1. The molecular weight excluding hydrogens is 294 g/mol. The van der Waals surface area contributed by atoms with Crippen molar-refractivity contribution in [1.82, 2.24) is 15.1 Å². The van der Waals surface area contributed by atoms with Crippen LogP contribution in [0.1, 0.15) is 24.4 Å². The highest BCUT2D eigenvalue weighted by Crippen LogP contribution is 2.30. The molecule has 2 saturated heterocycles. The number of para-hydroxylation sites is 1. The van der Waals surface area contributed by atoms with Crippen LogP contribution in [0.4, 0.5) is 0 Å². The van der Waals surface area contributed by atoms with Gasteiger partial charge in [-0.15, -0.1) is 0 Å². The number of rotatable bonds is 4. The van der Waals surface area contributed by atoms with Crippen molar-refractivity contribution >= 4 is 11.8 Å². The van der Waals surface area contributed by atoms with Crippen LogP contribution >= 0.6 is 0 Å². The van der Waals surface area contributed by atoms with Gasteiger partial charge in [-0.3, -0.25) is 9.59 Å². The van der Waals surface area contributed by atoms with Gasteiger partial charge in [0.15, 0.2) is 0 Å². The summed E-state index contributed by atoms with van der Waals surface area (Å²) in [5, 5.41) is 3.34. The van der Waals surface area contributed by atoms with Gasteiger partial charge in [0.2, 0.25) is 11.8 Å². The van der Waals surface area contributed by atoms with Gasteiger partial charge in [0.05, 0.1) is 19.7 Å². The summed E-state index contributed by atoms with van der Waals surface area (Å²) in [7, 11) is 1.64. The first-order chi connectivity index (χ1) is 11.2. The number of carbonyl (C=O) groups excluding carboxylic acids is 2. The number of nitrogens with zero attached hydrogens (tertiary/aromatic N) is 2. The predicted molar refractivity (Wildman–Crippen MR) is 86.1 cm³/mol. The summed E-state index contributed by atoms with van der Waals surface area (Å²) in [6.07, 6.45) is 1.41. The largest absolute Gasteiger partial charge is 0.496 e. The maximum Gasteiger partial charge on any atom is 0.242 e. The van der Waals surface area contributed by atoms with Gasteiger partial charge in [-0.2, -0.15) is 0 Å². The lowest BCUT2D eigenvalue weighted by Gasteiger charge is -2.37. The van der Waals surface area contributed by atoms with Gasteiger partial charge in [0.1, 0.15) is 5.75 Å². The molecule has 2 amide bonds. The highest BCUT2D eigenvalue weighted by atomic mass is 16.5. The Morgan fingerprint density at radius 1 is 1.35 bits per heavy atom. The summed E-state index contributed by atoms with van der Waals surface area (Å²) in [5.74, 6) is 0.885. The highest BCUT2D eigenvalue weighted by Gasteiger charge is 2.32. The fourth-order valence-corrected chi connectivity index (χ4v) is 3.35. The Bertz CT molecular complexity index is 590. The Hall–Kier alpha value is -2.08. The molecule has 1 aromatic rings. The zero-order valence-corrected chi connectivity index (χ0v) is 13.5. The molecule has 124 valence electrons. The normalized spacial score (nSPS) is 21.6. The monoisotopic (exact) mass is 317 g/mol. The Balaban J connectivity index is 1.78. The first kappa shape index (κ1) is 15.8. The summed E-state index contributed by atoms with van der Waals surface area (Å²) >= 11 is 0. The third kappa shape index (κ3) is 3.32. The number of methoxy groups -OCH3 is 1. The number of amides is 2. The first-order valence-corrected chi connectivity index (χ1v) is 8.11. The van der Waals surface area contributed by atoms with Crippen LogP contribution in [0.5, 0.6) is 5.75 Å². The second-order valence-electron chi connectivity index (χ2n) is 5.97. The smallest absolute Gasteiger partial charge is 0.242 e. The molecule has 0 radical (unpaired) electrons. The molecule has 2 heterocycles. The van der Waals surface area contributed by atoms with Gasteiger partial charge in [-0.25, -0.2) is 0 Å². The SMILES string of the molecule is COc1ccccc1C1CNCCN1C(=O)CN1CCCC1=O. The zero-order valence-electron chi connectivity index (χ0n) is 13.5. The number of ether oxygens (including phenoxy) is 1. The molecule has 3 rings (SSSR count). The van der Waals surface area contributed by atoms with Crippen molar-refractivity contribution in [3.63, 3.8) is 0 Å². The molecule has 1 unspecified atom stereocenters. The second-order valence-corrected chi connectivity index (χ2v) is 5.97. The molecule has 0 saturated carbocycles. The lowest BCUT2D eigenvalue weighted by atomic mass is 10.0. The summed E-state index contributed by atoms with van der Waals surface area (Å²) < 4.78 is 5.45. The van der Waals surface area contributed by atoms with Crippen LogP contribution < -0.4 is 10.1 Å². The zero-order chi connectivity index (χ0) is 16.2. The maximum absolute atomic E-state index is 12.7. The minimum Gasteiger partial charge on any atom is -0.496 e. The van der Waals surface area contributed by atoms with E-state index >= 15 is 0 Å². The molecule has 6 heteroatoms. The maximum atomic E-state index is 12.7. The fraction of sp³-hybridized carbons (Fsp3) is 0.529. The summed E-state index contributed by atoms with van der Waals surface area (Å²) in [6, 6.07) is 7.73. The van der Waals surface area contributed by atoms with Crippen molar-refractivity contribution in [3.05, 3.63) is 29.8 Å². The number of hydrogen-bond acceptors (Lipinski definition) is 4. The van der Waals surface area contributed by atoms with E-state index in [0.29, 0.717) is 26.1 Å². The van der Waals surface area contributed by atoms with Crippen LogP contribution in [0, 0.1) is 0 Å². The van der Waals surface area contributed by atoms with Gasteiger partial charge in [-0.05, 0) is 12.5 Å². The summed E-state index contributed by atoms with van der Waals surface area (Å²) in [4.78, 5) is 28.1. The van der Waals surface area contributed by atoms with Gasteiger partial charge in [-0.1, -0.05) is 18.2 Å². The van der Waals surface area contributed by atoms with E-state index in [9.17, 15) is 9.59 Å². The van der Waals surface area contributed by atoms with Gasteiger partial charge < -0.3 is 19.9 Å². The minimum atomic E-state index is -0.0647. The van der Waals surface area contributed by atoms with Crippen LogP contribution in [0.3, 0.4) is 0 Å². The third-order valence-electron chi connectivity index (χ3n) is 4.56. The predicted octanol–water partition coefficient (Wildman–Crippen LogP) is 0.790. The first-order valence-electron chi connectivity index (χ1n) is 8.11. The Kier molecular flexibility index (Phi) is 4.81. The topological polar surface area (TPSA) is 61.9 Å². The van der Waals surface area contributed by atoms with Crippen molar-refractivity contribution in [2.45, 2.75) is 18.9 Å².